The predicted molar refractivity (Wildman–Crippen MR) is 185 cm³/mol. The van der Waals surface area contributed by atoms with Gasteiger partial charge in [0.1, 0.15) is 5.75 Å². The summed E-state index contributed by atoms with van der Waals surface area (Å²) in [6, 6.07) is 18.5. The first-order valence-corrected chi connectivity index (χ1v) is 19.9. The third kappa shape index (κ3) is 5.46. The number of carbonyl (C=O) groups is 3. The maximum Gasteiger partial charge on any atom is 0.269 e. The molecule has 50 heavy (non-hydrogen) atoms. The van der Waals surface area contributed by atoms with E-state index in [2.05, 4.69) is 0 Å². The molecule has 0 aromatic heterocycles. The summed E-state index contributed by atoms with van der Waals surface area (Å²) < 4.78 is 12.3. The molecule has 0 unspecified atom stereocenters. The largest absolute Gasteiger partial charge is 0.482 e. The van der Waals surface area contributed by atoms with Gasteiger partial charge in [0.05, 0.1) is 48.0 Å². The van der Waals surface area contributed by atoms with Crippen LogP contribution in [0.15, 0.2) is 66.7 Å². The van der Waals surface area contributed by atoms with Crippen molar-refractivity contribution in [3.8, 4) is 5.75 Å². The second-order valence-electron chi connectivity index (χ2n) is 14.1. The van der Waals surface area contributed by atoms with Gasteiger partial charge in [0.25, 0.3) is 17.5 Å². The highest BCUT2D eigenvalue weighted by Crippen LogP contribution is 2.60. The summed E-state index contributed by atoms with van der Waals surface area (Å²) in [5.74, 6) is -0.879. The molecule has 5 atom stereocenters. The summed E-state index contributed by atoms with van der Waals surface area (Å²) in [6.07, 6.45) is 0.549. The van der Waals surface area contributed by atoms with Crippen molar-refractivity contribution in [1.29, 1.82) is 0 Å². The van der Waals surface area contributed by atoms with Crippen LogP contribution in [0.5, 0.6) is 5.75 Å². The van der Waals surface area contributed by atoms with Crippen molar-refractivity contribution in [2.24, 2.45) is 5.92 Å². The molecule has 0 bridgehead atoms. The topological polar surface area (TPSA) is 163 Å². The average molecular weight is 701 g/mol. The van der Waals surface area contributed by atoms with Crippen molar-refractivity contribution < 1.29 is 38.7 Å². The number of non-ortho nitro benzene ring substituents is 1. The minimum atomic E-state index is -3.10. The Labute approximate surface area is 290 Å². The summed E-state index contributed by atoms with van der Waals surface area (Å²) in [4.78, 5) is 69.1. The molecule has 14 heteroatoms. The van der Waals surface area contributed by atoms with E-state index in [1.165, 1.54) is 12.1 Å². The van der Waals surface area contributed by atoms with E-state index in [4.69, 9.17) is 9.47 Å². The molecule has 0 radical (unpaired) electrons. The normalized spacial score (nSPS) is 26.0. The molecule has 3 aromatic rings. The van der Waals surface area contributed by atoms with Crippen LogP contribution in [0, 0.1) is 16.0 Å². The lowest BCUT2D eigenvalue weighted by molar-refractivity contribution is -0.385. The van der Waals surface area contributed by atoms with Gasteiger partial charge in [-0.05, 0) is 61.8 Å². The molecule has 3 aromatic carbocycles. The zero-order chi connectivity index (χ0) is 35.5. The van der Waals surface area contributed by atoms with E-state index >= 15 is 0 Å². The number of amides is 3. The van der Waals surface area contributed by atoms with E-state index in [9.17, 15) is 34.4 Å². The van der Waals surface area contributed by atoms with Gasteiger partial charge in [-0.2, -0.15) is 0 Å². The van der Waals surface area contributed by atoms with Crippen molar-refractivity contribution >= 4 is 48.8 Å². The number of nitro groups is 1. The minimum Gasteiger partial charge on any atom is -0.482 e. The zero-order valence-corrected chi connectivity index (χ0v) is 29.2. The summed E-state index contributed by atoms with van der Waals surface area (Å²) in [5, 5.41) is 21.8. The Morgan fingerprint density at radius 3 is 2.52 bits per heavy atom. The number of nitrogens with zero attached hydrogens (tertiary/aromatic N) is 4. The molecule has 0 saturated carbocycles. The van der Waals surface area contributed by atoms with Crippen LogP contribution in [-0.2, 0) is 31.3 Å². The van der Waals surface area contributed by atoms with Gasteiger partial charge >= 0.3 is 0 Å². The summed E-state index contributed by atoms with van der Waals surface area (Å²) in [5.41, 5.74) is 0.377. The molecule has 4 aliphatic rings. The highest BCUT2D eigenvalue weighted by molar-refractivity contribution is 6.71. The number of aliphatic hydroxyl groups excluding tert-OH is 1. The average Bonchev–Trinajstić information content (AvgIpc) is 3.75. The van der Waals surface area contributed by atoms with E-state index in [0.717, 1.165) is 12.0 Å². The van der Waals surface area contributed by atoms with Gasteiger partial charge in [-0.25, -0.2) is 0 Å². The highest BCUT2D eigenvalue weighted by Gasteiger charge is 2.66. The Bertz CT molecular complexity index is 1860. The zero-order valence-electron chi connectivity index (χ0n) is 28.2. The van der Waals surface area contributed by atoms with Gasteiger partial charge < -0.3 is 29.2 Å². The number of hydrogen-bond acceptors (Lipinski definition) is 9. The van der Waals surface area contributed by atoms with E-state index in [1.807, 2.05) is 37.3 Å². The van der Waals surface area contributed by atoms with Crippen LogP contribution in [0.4, 0.5) is 22.7 Å². The number of hydrogen-bond donors (Lipinski definition) is 2. The molecule has 13 nitrogen and oxygen atoms in total. The van der Waals surface area contributed by atoms with Crippen molar-refractivity contribution in [2.45, 2.75) is 69.1 Å². The quantitative estimate of drug-likeness (QED) is 0.197. The van der Waals surface area contributed by atoms with Crippen LogP contribution in [-0.4, -0.2) is 77.7 Å². The lowest BCUT2D eigenvalue weighted by atomic mass is 9.82. The van der Waals surface area contributed by atoms with Crippen molar-refractivity contribution in [3.63, 3.8) is 0 Å². The Morgan fingerprint density at radius 2 is 1.82 bits per heavy atom. The molecule has 4 heterocycles. The predicted octanol–water partition coefficient (Wildman–Crippen LogP) is 4.37. The molecule has 3 amide bonds. The van der Waals surface area contributed by atoms with Crippen LogP contribution in [0.2, 0.25) is 18.6 Å². The van der Waals surface area contributed by atoms with E-state index in [-0.39, 0.29) is 49.7 Å². The first kappa shape index (κ1) is 33.8. The first-order valence-electron chi connectivity index (χ1n) is 16.9. The molecule has 2 N–H and O–H groups in total. The number of rotatable bonds is 8. The lowest BCUT2D eigenvalue weighted by Crippen LogP contribution is -2.46. The van der Waals surface area contributed by atoms with Crippen molar-refractivity contribution in [1.82, 2.24) is 4.90 Å². The van der Waals surface area contributed by atoms with Gasteiger partial charge in [0.15, 0.2) is 20.5 Å². The van der Waals surface area contributed by atoms with E-state index in [0.29, 0.717) is 41.3 Å². The standard InChI is InChI=1S/C36H40N4O9Si/c1-22-34(50(2,3)47)31(18-32(42)37-16-6-7-26(37)20-41)49-36(22)27-17-25(40(45)46)14-15-28(27)38(35(36)44)19-23-10-12-24(13-11-23)39-29-8-4-5-9-30(29)48-21-33(39)43/h4-5,8-15,17,22,26,31,34,41,47H,6-7,16,18-21H2,1-3H3/t22-,26-,31+,34-,36+/m0/s1. The number of nitro benzene ring substituents is 1. The number of aliphatic hydroxyl groups is 1. The molecule has 7 rings (SSSR count). The second kappa shape index (κ2) is 12.6. The summed E-state index contributed by atoms with van der Waals surface area (Å²) in [6.45, 7) is 5.71. The summed E-state index contributed by atoms with van der Waals surface area (Å²) >= 11 is 0. The first-order chi connectivity index (χ1) is 23.8. The third-order valence-corrected chi connectivity index (χ3v) is 13.2. The fourth-order valence-electron chi connectivity index (χ4n) is 8.50. The highest BCUT2D eigenvalue weighted by atomic mass is 28.4. The maximum atomic E-state index is 14.8. The number of benzene rings is 3. The van der Waals surface area contributed by atoms with E-state index in [1.54, 1.807) is 52.1 Å². The SMILES string of the molecule is C[C@H]1[C@H]([Si](C)(C)O)[C@@H](CC(=O)N2CCC[C@H]2CO)O[C@]12C(=O)N(Cc1ccc(N3C(=O)COc4ccccc43)cc1)c1ccc([N+](=O)[O-])cc12. The minimum absolute atomic E-state index is 0.0906. The molecule has 1 spiro atoms. The van der Waals surface area contributed by atoms with Gasteiger partial charge in [-0.3, -0.25) is 29.4 Å². The number of ether oxygens (including phenoxy) is 2. The third-order valence-electron chi connectivity index (χ3n) is 10.7. The van der Waals surface area contributed by atoms with Crippen LogP contribution < -0.4 is 14.5 Å². The lowest BCUT2D eigenvalue weighted by Gasteiger charge is -2.32. The van der Waals surface area contributed by atoms with Gasteiger partial charge in [-0.1, -0.05) is 31.2 Å². The fourth-order valence-corrected chi connectivity index (χ4v) is 11.1. The van der Waals surface area contributed by atoms with Crippen molar-refractivity contribution in [3.05, 3.63) is 88.0 Å². The molecule has 2 saturated heterocycles. The molecular formula is C36H40N4O9Si. The Balaban J connectivity index is 1.23. The Morgan fingerprint density at radius 1 is 1.08 bits per heavy atom. The van der Waals surface area contributed by atoms with Crippen LogP contribution >= 0.6 is 0 Å². The number of likely N-dealkylation sites (tertiary alicyclic amines) is 1. The van der Waals surface area contributed by atoms with Crippen LogP contribution in [0.3, 0.4) is 0 Å². The second-order valence-corrected chi connectivity index (χ2v) is 18.1. The van der Waals surface area contributed by atoms with Crippen molar-refractivity contribution in [2.75, 3.05) is 29.6 Å². The molecule has 4 aliphatic heterocycles. The van der Waals surface area contributed by atoms with Gasteiger partial charge in [0, 0.05) is 41.4 Å². The number of para-hydroxylation sites is 2. The molecule has 2 fully saturated rings. The van der Waals surface area contributed by atoms with Gasteiger partial charge in [0.2, 0.25) is 5.91 Å². The van der Waals surface area contributed by atoms with Crippen LogP contribution in [0.25, 0.3) is 0 Å². The van der Waals surface area contributed by atoms with Gasteiger partial charge in [-0.15, -0.1) is 0 Å². The molecular weight excluding hydrogens is 661 g/mol. The molecule has 0 aliphatic carbocycles. The van der Waals surface area contributed by atoms with Crippen LogP contribution in [0.1, 0.15) is 37.3 Å². The number of carbonyl (C=O) groups excluding carboxylic acids is 3. The summed E-state index contributed by atoms with van der Waals surface area (Å²) in [7, 11) is -3.10. The fraction of sp³-hybridized carbons (Fsp3) is 0.417. The number of anilines is 3. The Hall–Kier alpha value is -4.63. The van der Waals surface area contributed by atoms with E-state index < -0.39 is 42.3 Å². The monoisotopic (exact) mass is 700 g/mol. The Kier molecular flexibility index (Phi) is 8.53. The number of fused-ring (bicyclic) bond motifs is 3. The smallest absolute Gasteiger partial charge is 0.269 e. The maximum absolute atomic E-state index is 14.8. The molecule has 262 valence electrons.